The van der Waals surface area contributed by atoms with Crippen LogP contribution in [0.2, 0.25) is 0 Å². The van der Waals surface area contributed by atoms with Gasteiger partial charge in [-0.25, -0.2) is 8.42 Å². The van der Waals surface area contributed by atoms with Gasteiger partial charge in [-0.15, -0.1) is 0 Å². The Morgan fingerprint density at radius 2 is 1.71 bits per heavy atom. The second-order valence-corrected chi connectivity index (χ2v) is 8.56. The lowest BCUT2D eigenvalue weighted by Crippen LogP contribution is -2.36. The van der Waals surface area contributed by atoms with Gasteiger partial charge in [0.15, 0.2) is 0 Å². The predicted octanol–water partition coefficient (Wildman–Crippen LogP) is 2.36. The van der Waals surface area contributed by atoms with E-state index in [9.17, 15) is 8.42 Å². The molecule has 0 aromatic heterocycles. The molecule has 152 valence electrons. The first-order valence-corrected chi connectivity index (χ1v) is 10.5. The van der Waals surface area contributed by atoms with Crippen molar-refractivity contribution >= 4 is 15.7 Å². The van der Waals surface area contributed by atoms with Crippen LogP contribution in [0.1, 0.15) is 5.56 Å². The Hall–Kier alpha value is -2.29. The number of methoxy groups -OCH3 is 2. The Bertz CT molecular complexity index is 893. The molecule has 2 aromatic carbocycles. The highest BCUT2D eigenvalue weighted by atomic mass is 32.2. The van der Waals surface area contributed by atoms with Crippen molar-refractivity contribution in [1.29, 1.82) is 0 Å². The predicted molar refractivity (Wildman–Crippen MR) is 108 cm³/mol. The van der Waals surface area contributed by atoms with Crippen molar-refractivity contribution in [3.05, 3.63) is 48.0 Å². The molecule has 0 aliphatic carbocycles. The van der Waals surface area contributed by atoms with E-state index in [2.05, 4.69) is 4.90 Å². The monoisotopic (exact) mass is 406 g/mol. The number of sulfonamides is 1. The van der Waals surface area contributed by atoms with Crippen LogP contribution in [0.4, 0.5) is 5.69 Å². The molecule has 0 amide bonds. The molecule has 0 saturated carbocycles. The highest BCUT2D eigenvalue weighted by Gasteiger charge is 2.26. The Morgan fingerprint density at radius 1 is 1.04 bits per heavy atom. The van der Waals surface area contributed by atoms with E-state index in [4.69, 9.17) is 14.2 Å². The number of hydrogen-bond acceptors (Lipinski definition) is 6. The SMILES string of the molecule is COc1ccc(OC)c(S(=O)(=O)N(C)Cc2ccc(N3CCOCC3)cc2)c1. The van der Waals surface area contributed by atoms with Crippen LogP contribution < -0.4 is 14.4 Å². The van der Waals surface area contributed by atoms with E-state index in [1.54, 1.807) is 19.2 Å². The zero-order valence-electron chi connectivity index (χ0n) is 16.4. The topological polar surface area (TPSA) is 68.3 Å². The molecule has 28 heavy (non-hydrogen) atoms. The van der Waals surface area contributed by atoms with E-state index in [-0.39, 0.29) is 17.2 Å². The van der Waals surface area contributed by atoms with Gasteiger partial charge in [0.05, 0.1) is 27.4 Å². The highest BCUT2D eigenvalue weighted by Crippen LogP contribution is 2.30. The van der Waals surface area contributed by atoms with Crippen LogP contribution in [-0.2, 0) is 21.3 Å². The summed E-state index contributed by atoms with van der Waals surface area (Å²) in [5.41, 5.74) is 2.02. The molecule has 8 heteroatoms. The third kappa shape index (κ3) is 4.40. The second kappa shape index (κ2) is 8.81. The minimum atomic E-state index is -3.74. The lowest BCUT2D eigenvalue weighted by atomic mass is 10.2. The maximum atomic E-state index is 13.1. The lowest BCUT2D eigenvalue weighted by molar-refractivity contribution is 0.122. The van der Waals surface area contributed by atoms with Gasteiger partial charge in [0.1, 0.15) is 16.4 Å². The van der Waals surface area contributed by atoms with E-state index in [0.29, 0.717) is 5.75 Å². The maximum Gasteiger partial charge on any atom is 0.246 e. The van der Waals surface area contributed by atoms with Crippen LogP contribution in [0.25, 0.3) is 0 Å². The van der Waals surface area contributed by atoms with Crippen molar-refractivity contribution in [2.24, 2.45) is 0 Å². The third-order valence-electron chi connectivity index (χ3n) is 4.78. The molecular formula is C20H26N2O5S. The smallest absolute Gasteiger partial charge is 0.246 e. The van der Waals surface area contributed by atoms with Gasteiger partial charge < -0.3 is 19.1 Å². The molecule has 1 aliphatic rings. The van der Waals surface area contributed by atoms with Crippen LogP contribution in [0.5, 0.6) is 11.5 Å². The molecule has 7 nitrogen and oxygen atoms in total. The first kappa shape index (κ1) is 20.4. The minimum absolute atomic E-state index is 0.0850. The van der Waals surface area contributed by atoms with Gasteiger partial charge in [0.2, 0.25) is 10.0 Å². The van der Waals surface area contributed by atoms with E-state index in [1.807, 2.05) is 24.3 Å². The van der Waals surface area contributed by atoms with Gasteiger partial charge in [-0.3, -0.25) is 0 Å². The molecule has 2 aromatic rings. The Kier molecular flexibility index (Phi) is 6.43. The van der Waals surface area contributed by atoms with E-state index < -0.39 is 10.0 Å². The molecule has 0 atom stereocenters. The van der Waals surface area contributed by atoms with Gasteiger partial charge in [-0.2, -0.15) is 4.31 Å². The van der Waals surface area contributed by atoms with Crippen molar-refractivity contribution in [1.82, 2.24) is 4.31 Å². The Labute approximate surface area is 166 Å². The maximum absolute atomic E-state index is 13.1. The van der Waals surface area contributed by atoms with Crippen LogP contribution in [-0.4, -0.2) is 60.3 Å². The van der Waals surface area contributed by atoms with Crippen LogP contribution in [0.3, 0.4) is 0 Å². The first-order valence-electron chi connectivity index (χ1n) is 9.05. The molecule has 0 bridgehead atoms. The summed E-state index contributed by atoms with van der Waals surface area (Å²) in [7, 11) is 0.765. The fourth-order valence-electron chi connectivity index (χ4n) is 3.13. The van der Waals surface area contributed by atoms with E-state index in [0.717, 1.165) is 37.6 Å². The second-order valence-electron chi connectivity index (χ2n) is 6.54. The van der Waals surface area contributed by atoms with Gasteiger partial charge in [0, 0.05) is 38.4 Å². The summed E-state index contributed by atoms with van der Waals surface area (Å²) in [6.07, 6.45) is 0. The first-order chi connectivity index (χ1) is 13.5. The van der Waals surface area contributed by atoms with Crippen molar-refractivity contribution in [3.63, 3.8) is 0 Å². The summed E-state index contributed by atoms with van der Waals surface area (Å²) < 4.78 is 43.2. The van der Waals surface area contributed by atoms with Crippen molar-refractivity contribution in [2.45, 2.75) is 11.4 Å². The summed E-state index contributed by atoms with van der Waals surface area (Å²) in [5.74, 6) is 0.748. The normalized spacial score (nSPS) is 14.9. The summed E-state index contributed by atoms with van der Waals surface area (Å²) in [5, 5.41) is 0. The largest absolute Gasteiger partial charge is 0.497 e. The van der Waals surface area contributed by atoms with Gasteiger partial charge >= 0.3 is 0 Å². The van der Waals surface area contributed by atoms with Gasteiger partial charge in [-0.1, -0.05) is 12.1 Å². The van der Waals surface area contributed by atoms with Crippen LogP contribution >= 0.6 is 0 Å². The third-order valence-corrected chi connectivity index (χ3v) is 6.60. The summed E-state index contributed by atoms with van der Waals surface area (Å²) in [6, 6.07) is 12.7. The number of nitrogens with zero attached hydrogens (tertiary/aromatic N) is 2. The number of morpholine rings is 1. The average Bonchev–Trinajstić information content (AvgIpc) is 2.74. The zero-order valence-corrected chi connectivity index (χ0v) is 17.2. The molecule has 1 heterocycles. The molecule has 0 N–H and O–H groups in total. The lowest BCUT2D eigenvalue weighted by Gasteiger charge is -2.29. The molecule has 1 aliphatic heterocycles. The summed E-state index contributed by atoms with van der Waals surface area (Å²) in [4.78, 5) is 2.34. The molecule has 0 unspecified atom stereocenters. The van der Waals surface area contributed by atoms with Crippen molar-refractivity contribution in [2.75, 3.05) is 52.5 Å². The van der Waals surface area contributed by atoms with Crippen LogP contribution in [0, 0.1) is 0 Å². The Balaban J connectivity index is 1.77. The fraction of sp³-hybridized carbons (Fsp3) is 0.400. The van der Waals surface area contributed by atoms with E-state index in [1.165, 1.54) is 24.6 Å². The Morgan fingerprint density at radius 3 is 2.32 bits per heavy atom. The number of anilines is 1. The summed E-state index contributed by atoms with van der Waals surface area (Å²) >= 11 is 0. The molecule has 1 fully saturated rings. The molecular weight excluding hydrogens is 380 g/mol. The molecule has 3 rings (SSSR count). The average molecular weight is 407 g/mol. The number of hydrogen-bond donors (Lipinski definition) is 0. The van der Waals surface area contributed by atoms with Crippen molar-refractivity contribution < 1.29 is 22.6 Å². The number of ether oxygens (including phenoxy) is 3. The van der Waals surface area contributed by atoms with Gasteiger partial charge in [0.25, 0.3) is 0 Å². The standard InChI is InChI=1S/C20H26N2O5S/c1-21(28(23,24)20-14-18(25-2)8-9-19(20)26-3)15-16-4-6-17(7-5-16)22-10-12-27-13-11-22/h4-9,14H,10-13,15H2,1-3H3. The number of benzene rings is 2. The van der Waals surface area contributed by atoms with Crippen molar-refractivity contribution in [3.8, 4) is 11.5 Å². The molecule has 1 saturated heterocycles. The van der Waals surface area contributed by atoms with Crippen LogP contribution in [0.15, 0.2) is 47.4 Å². The number of rotatable bonds is 7. The molecule has 0 radical (unpaired) electrons. The quantitative estimate of drug-likeness (QED) is 0.703. The van der Waals surface area contributed by atoms with Gasteiger partial charge in [-0.05, 0) is 29.8 Å². The van der Waals surface area contributed by atoms with E-state index >= 15 is 0 Å². The highest BCUT2D eigenvalue weighted by molar-refractivity contribution is 7.89. The minimum Gasteiger partial charge on any atom is -0.497 e. The molecule has 0 spiro atoms. The summed E-state index contributed by atoms with van der Waals surface area (Å²) in [6.45, 7) is 3.44. The zero-order chi connectivity index (χ0) is 20.1. The fourth-order valence-corrected chi connectivity index (χ4v) is 4.45.